The Morgan fingerprint density at radius 3 is 2.61 bits per heavy atom. The number of Topliss-reactive ketones (excluding diaryl/α,β-unsaturated/α-hetero) is 1. The van der Waals surface area contributed by atoms with Crippen LogP contribution < -0.4 is 0 Å². The van der Waals surface area contributed by atoms with Crippen molar-refractivity contribution in [3.63, 3.8) is 0 Å². The molecule has 6 unspecified atom stereocenters. The highest BCUT2D eigenvalue weighted by molar-refractivity contribution is 5.87. The molecule has 4 rings (SSSR count). The first-order chi connectivity index (χ1) is 13.2. The molecule has 4 aliphatic rings. The number of hydrogen-bond donors (Lipinski definition) is 2. The Labute approximate surface area is 169 Å². The summed E-state index contributed by atoms with van der Waals surface area (Å²) in [5.74, 6) is 2.52. The molecule has 158 valence electrons. The highest BCUT2D eigenvalue weighted by atomic mass is 16.4. The number of carbonyl (C=O) groups excluding carboxylic acids is 1. The van der Waals surface area contributed by atoms with Crippen LogP contribution in [0.3, 0.4) is 0 Å². The Bertz CT molecular complexity index is 645. The third-order valence-corrected chi connectivity index (χ3v) is 10.1. The van der Waals surface area contributed by atoms with E-state index in [-0.39, 0.29) is 23.4 Å². The van der Waals surface area contributed by atoms with Crippen LogP contribution in [0.2, 0.25) is 0 Å². The quantitative estimate of drug-likeness (QED) is 0.730. The van der Waals surface area contributed by atoms with Crippen LogP contribution in [0.25, 0.3) is 0 Å². The molecule has 0 radical (unpaired) electrons. The Balaban J connectivity index is 1.57. The van der Waals surface area contributed by atoms with Gasteiger partial charge < -0.3 is 10.2 Å². The molecule has 0 aromatic heterocycles. The summed E-state index contributed by atoms with van der Waals surface area (Å²) in [7, 11) is 0. The van der Waals surface area contributed by atoms with Crippen LogP contribution in [0.4, 0.5) is 0 Å². The monoisotopic (exact) mass is 390 g/mol. The van der Waals surface area contributed by atoms with E-state index in [1.165, 1.54) is 12.8 Å². The van der Waals surface area contributed by atoms with E-state index < -0.39 is 5.97 Å². The second-order valence-corrected chi connectivity index (χ2v) is 11.1. The van der Waals surface area contributed by atoms with Gasteiger partial charge in [0.05, 0.1) is 6.10 Å². The zero-order valence-corrected chi connectivity index (χ0v) is 17.8. The summed E-state index contributed by atoms with van der Waals surface area (Å²) in [6.07, 6.45) is 8.96. The maximum atomic E-state index is 13.6. The minimum absolute atomic E-state index is 0.148. The number of ketones is 1. The van der Waals surface area contributed by atoms with Crippen LogP contribution in [0.15, 0.2) is 0 Å². The van der Waals surface area contributed by atoms with E-state index in [0.29, 0.717) is 54.1 Å². The van der Waals surface area contributed by atoms with Crippen LogP contribution >= 0.6 is 0 Å². The summed E-state index contributed by atoms with van der Waals surface area (Å²) in [4.78, 5) is 24.7. The van der Waals surface area contributed by atoms with Gasteiger partial charge in [-0.25, -0.2) is 0 Å². The third kappa shape index (κ3) is 2.97. The number of rotatable bonds is 4. The van der Waals surface area contributed by atoms with E-state index in [9.17, 15) is 14.7 Å². The van der Waals surface area contributed by atoms with Crippen molar-refractivity contribution in [2.75, 3.05) is 0 Å². The molecule has 2 N–H and O–H groups in total. The maximum absolute atomic E-state index is 13.6. The van der Waals surface area contributed by atoms with Gasteiger partial charge in [0.15, 0.2) is 0 Å². The minimum atomic E-state index is -0.729. The largest absolute Gasteiger partial charge is 0.481 e. The van der Waals surface area contributed by atoms with Gasteiger partial charge in [-0.15, -0.1) is 0 Å². The molecule has 0 spiro atoms. The number of carbonyl (C=O) groups is 2. The first-order valence-corrected chi connectivity index (χ1v) is 11.6. The molecule has 0 aromatic carbocycles. The fourth-order valence-corrected chi connectivity index (χ4v) is 8.44. The average molecular weight is 391 g/mol. The number of fused-ring (bicyclic) bond motifs is 5. The first kappa shape index (κ1) is 20.4. The van der Waals surface area contributed by atoms with E-state index >= 15 is 0 Å². The summed E-state index contributed by atoms with van der Waals surface area (Å²) < 4.78 is 0. The van der Waals surface area contributed by atoms with Crippen LogP contribution in [-0.2, 0) is 9.59 Å². The summed E-state index contributed by atoms with van der Waals surface area (Å²) in [5, 5.41) is 19.3. The molecule has 0 heterocycles. The maximum Gasteiger partial charge on any atom is 0.303 e. The molecule has 4 nitrogen and oxygen atoms in total. The van der Waals surface area contributed by atoms with Gasteiger partial charge in [-0.3, -0.25) is 9.59 Å². The molecule has 9 atom stereocenters. The van der Waals surface area contributed by atoms with Crippen molar-refractivity contribution in [3.8, 4) is 0 Å². The molecular weight excluding hydrogens is 352 g/mol. The van der Waals surface area contributed by atoms with Crippen molar-refractivity contribution >= 4 is 11.8 Å². The van der Waals surface area contributed by atoms with Gasteiger partial charge in [0, 0.05) is 18.3 Å². The molecule has 28 heavy (non-hydrogen) atoms. The first-order valence-electron chi connectivity index (χ1n) is 11.6. The van der Waals surface area contributed by atoms with E-state index in [2.05, 4.69) is 20.8 Å². The lowest BCUT2D eigenvalue weighted by Gasteiger charge is -2.60. The summed E-state index contributed by atoms with van der Waals surface area (Å²) in [6, 6.07) is 0. The third-order valence-electron chi connectivity index (χ3n) is 10.1. The van der Waals surface area contributed by atoms with Crippen molar-refractivity contribution in [2.45, 2.75) is 91.1 Å². The zero-order chi connectivity index (χ0) is 20.3. The summed E-state index contributed by atoms with van der Waals surface area (Å²) in [6.45, 7) is 6.81. The minimum Gasteiger partial charge on any atom is -0.481 e. The lowest BCUT2D eigenvalue weighted by atomic mass is 9.44. The molecule has 4 saturated carbocycles. The predicted molar refractivity (Wildman–Crippen MR) is 108 cm³/mol. The number of aliphatic hydroxyl groups excluding tert-OH is 1. The molecule has 0 aliphatic heterocycles. The normalized spacial score (nSPS) is 49.1. The van der Waals surface area contributed by atoms with E-state index in [1.54, 1.807) is 0 Å². The van der Waals surface area contributed by atoms with Gasteiger partial charge in [-0.2, -0.15) is 0 Å². The number of aliphatic carboxylic acids is 1. The van der Waals surface area contributed by atoms with Gasteiger partial charge in [0.1, 0.15) is 5.78 Å². The average Bonchev–Trinajstić information content (AvgIpc) is 3.00. The molecule has 4 fully saturated rings. The lowest BCUT2D eigenvalue weighted by molar-refractivity contribution is -0.160. The van der Waals surface area contributed by atoms with E-state index in [4.69, 9.17) is 5.11 Å². The molecule has 0 aromatic rings. The van der Waals surface area contributed by atoms with Gasteiger partial charge in [0.25, 0.3) is 0 Å². The molecule has 4 aliphatic carbocycles. The second kappa shape index (κ2) is 7.11. The zero-order valence-electron chi connectivity index (χ0n) is 17.8. The standard InChI is InChI=1S/C24H38O4/c1-14(4-9-22(27)28)18-7-8-19-17-6-5-15-12-16(25)10-11-23(15,2)20(17)13-21(26)24(18,19)3/h14-20,25H,4-13H2,1-3H3,(H,27,28)/t14?,15?,16-,17?,18?,19?,20?,23+,24-/m1/s1. The van der Waals surface area contributed by atoms with Crippen molar-refractivity contribution in [1.29, 1.82) is 0 Å². The molecule has 4 heteroatoms. The fourth-order valence-electron chi connectivity index (χ4n) is 8.44. The van der Waals surface area contributed by atoms with Gasteiger partial charge >= 0.3 is 5.97 Å². The van der Waals surface area contributed by atoms with E-state index in [1.807, 2.05) is 0 Å². The summed E-state index contributed by atoms with van der Waals surface area (Å²) in [5.41, 5.74) is -0.0391. The van der Waals surface area contributed by atoms with Gasteiger partial charge in [0.2, 0.25) is 0 Å². The lowest BCUT2D eigenvalue weighted by Crippen LogP contribution is -2.57. The van der Waals surface area contributed by atoms with Crippen molar-refractivity contribution in [2.24, 2.45) is 46.3 Å². The predicted octanol–water partition coefficient (Wildman–Crippen LogP) is 4.69. The van der Waals surface area contributed by atoms with Crippen LogP contribution in [0, 0.1) is 46.3 Å². The second-order valence-electron chi connectivity index (χ2n) is 11.1. The van der Waals surface area contributed by atoms with Crippen molar-refractivity contribution in [1.82, 2.24) is 0 Å². The summed E-state index contributed by atoms with van der Waals surface area (Å²) >= 11 is 0. The van der Waals surface area contributed by atoms with Gasteiger partial charge in [-0.05, 0) is 92.3 Å². The van der Waals surface area contributed by atoms with E-state index in [0.717, 1.165) is 32.1 Å². The van der Waals surface area contributed by atoms with Crippen molar-refractivity contribution in [3.05, 3.63) is 0 Å². The topological polar surface area (TPSA) is 74.6 Å². The highest BCUT2D eigenvalue weighted by Crippen LogP contribution is 2.67. The number of hydrogen-bond acceptors (Lipinski definition) is 3. The SMILES string of the molecule is CC(CCC(=O)O)C1CCC2C3CCC4C[C@H](O)CC[C@]4(C)C3CC(=O)[C@]12C. The molecule has 0 bridgehead atoms. The highest BCUT2D eigenvalue weighted by Gasteiger charge is 2.63. The van der Waals surface area contributed by atoms with Crippen LogP contribution in [0.1, 0.15) is 85.0 Å². The van der Waals surface area contributed by atoms with Crippen LogP contribution in [0.5, 0.6) is 0 Å². The Hall–Kier alpha value is -0.900. The Kier molecular flexibility index (Phi) is 5.17. The molecular formula is C24H38O4. The Morgan fingerprint density at radius 1 is 1.14 bits per heavy atom. The number of carboxylic acids is 1. The smallest absolute Gasteiger partial charge is 0.303 e. The fraction of sp³-hybridized carbons (Fsp3) is 0.917. The van der Waals surface area contributed by atoms with Crippen molar-refractivity contribution < 1.29 is 19.8 Å². The molecule has 0 amide bonds. The van der Waals surface area contributed by atoms with Crippen LogP contribution in [-0.4, -0.2) is 28.1 Å². The molecule has 0 saturated heterocycles. The number of carboxylic acid groups (broad SMARTS) is 1. The number of aliphatic hydroxyl groups is 1. The Morgan fingerprint density at radius 2 is 1.89 bits per heavy atom. The van der Waals surface area contributed by atoms with Gasteiger partial charge in [-0.1, -0.05) is 20.8 Å².